The maximum absolute atomic E-state index is 11.8. The lowest BCUT2D eigenvalue weighted by molar-refractivity contribution is -0.151. The van der Waals surface area contributed by atoms with E-state index in [4.69, 9.17) is 0 Å². The minimum absolute atomic E-state index is 0.217. The Hall–Kier alpha value is -1.52. The number of Topliss-reactive ketones (excluding diaryl/α,β-unsaturated/α-hetero) is 2. The molecular formula is C14H16N2O2. The van der Waals surface area contributed by atoms with Crippen molar-refractivity contribution in [3.63, 3.8) is 0 Å². The first-order valence-corrected chi connectivity index (χ1v) is 6.37. The molecule has 1 saturated heterocycles. The molecule has 1 heterocycles. The summed E-state index contributed by atoms with van der Waals surface area (Å²) in [6.45, 7) is 3.46. The van der Waals surface area contributed by atoms with Crippen LogP contribution in [0.5, 0.6) is 0 Å². The highest BCUT2D eigenvalue weighted by Crippen LogP contribution is 2.34. The molecule has 4 nitrogen and oxygen atoms in total. The van der Waals surface area contributed by atoms with E-state index in [-0.39, 0.29) is 23.5 Å². The Morgan fingerprint density at radius 1 is 1.00 bits per heavy atom. The summed E-state index contributed by atoms with van der Waals surface area (Å²) in [5.41, 5.74) is 0.964. The monoisotopic (exact) mass is 244 g/mol. The van der Waals surface area contributed by atoms with Gasteiger partial charge in [-0.25, -0.2) is 0 Å². The molecular weight excluding hydrogens is 228 g/mol. The SMILES string of the molecule is O=C1C(=O)C(N2CCNCC2)C1c1ccccc1. The van der Waals surface area contributed by atoms with Gasteiger partial charge in [0.1, 0.15) is 0 Å². The summed E-state index contributed by atoms with van der Waals surface area (Å²) in [4.78, 5) is 25.8. The molecule has 0 bridgehead atoms. The Morgan fingerprint density at radius 2 is 1.67 bits per heavy atom. The summed E-state index contributed by atoms with van der Waals surface area (Å²) < 4.78 is 0. The van der Waals surface area contributed by atoms with E-state index in [2.05, 4.69) is 10.2 Å². The molecule has 2 fully saturated rings. The predicted molar refractivity (Wildman–Crippen MR) is 67.4 cm³/mol. The number of carbonyl (C=O) groups is 2. The summed E-state index contributed by atoms with van der Waals surface area (Å²) in [7, 11) is 0. The van der Waals surface area contributed by atoms with Gasteiger partial charge in [-0.05, 0) is 5.56 Å². The molecule has 4 heteroatoms. The molecule has 1 aromatic carbocycles. The second-order valence-corrected chi connectivity index (χ2v) is 4.85. The molecule has 0 spiro atoms. The van der Waals surface area contributed by atoms with E-state index < -0.39 is 0 Å². The minimum atomic E-state index is -0.253. The van der Waals surface area contributed by atoms with Gasteiger partial charge < -0.3 is 5.32 Å². The van der Waals surface area contributed by atoms with Crippen molar-refractivity contribution in [3.05, 3.63) is 35.9 Å². The van der Waals surface area contributed by atoms with Crippen LogP contribution in [0.15, 0.2) is 30.3 Å². The number of carbonyl (C=O) groups excluding carboxylic acids is 2. The van der Waals surface area contributed by atoms with E-state index in [0.717, 1.165) is 31.7 Å². The molecule has 1 aliphatic heterocycles. The number of hydrogen-bond donors (Lipinski definition) is 1. The number of hydrogen-bond acceptors (Lipinski definition) is 4. The van der Waals surface area contributed by atoms with E-state index in [1.807, 2.05) is 30.3 Å². The maximum atomic E-state index is 11.8. The fourth-order valence-corrected chi connectivity index (χ4v) is 2.83. The van der Waals surface area contributed by atoms with Crippen LogP contribution in [0.4, 0.5) is 0 Å². The third kappa shape index (κ3) is 1.78. The van der Waals surface area contributed by atoms with Gasteiger partial charge in [-0.15, -0.1) is 0 Å². The van der Waals surface area contributed by atoms with E-state index in [1.165, 1.54) is 0 Å². The van der Waals surface area contributed by atoms with Crippen LogP contribution in [0.2, 0.25) is 0 Å². The highest BCUT2D eigenvalue weighted by Gasteiger charge is 2.52. The van der Waals surface area contributed by atoms with Crippen LogP contribution < -0.4 is 5.32 Å². The third-order valence-electron chi connectivity index (χ3n) is 3.81. The van der Waals surface area contributed by atoms with Gasteiger partial charge in [-0.3, -0.25) is 14.5 Å². The van der Waals surface area contributed by atoms with Crippen molar-refractivity contribution in [2.45, 2.75) is 12.0 Å². The molecule has 2 aliphatic rings. The fourth-order valence-electron chi connectivity index (χ4n) is 2.83. The van der Waals surface area contributed by atoms with Crippen molar-refractivity contribution in [3.8, 4) is 0 Å². The quantitative estimate of drug-likeness (QED) is 0.755. The first-order valence-electron chi connectivity index (χ1n) is 6.37. The Kier molecular flexibility index (Phi) is 2.97. The number of benzene rings is 1. The molecule has 2 atom stereocenters. The van der Waals surface area contributed by atoms with Gasteiger partial charge >= 0.3 is 0 Å². The average Bonchev–Trinajstić information content (AvgIpc) is 2.45. The lowest BCUT2D eigenvalue weighted by atomic mass is 9.71. The number of ketones is 2. The molecule has 1 saturated carbocycles. The van der Waals surface area contributed by atoms with Crippen molar-refractivity contribution >= 4 is 11.6 Å². The molecule has 0 aromatic heterocycles. The number of piperazine rings is 1. The zero-order chi connectivity index (χ0) is 12.5. The van der Waals surface area contributed by atoms with Gasteiger partial charge in [0.15, 0.2) is 0 Å². The minimum Gasteiger partial charge on any atom is -0.314 e. The summed E-state index contributed by atoms with van der Waals surface area (Å²) in [5, 5.41) is 3.26. The Balaban J connectivity index is 1.84. The summed E-state index contributed by atoms with van der Waals surface area (Å²) >= 11 is 0. The zero-order valence-electron chi connectivity index (χ0n) is 10.1. The fraction of sp³-hybridized carbons (Fsp3) is 0.429. The van der Waals surface area contributed by atoms with Crippen LogP contribution in [0, 0.1) is 0 Å². The van der Waals surface area contributed by atoms with Gasteiger partial charge in [-0.2, -0.15) is 0 Å². The van der Waals surface area contributed by atoms with Crippen LogP contribution in [0.25, 0.3) is 0 Å². The highest BCUT2D eigenvalue weighted by molar-refractivity contribution is 6.49. The molecule has 2 unspecified atom stereocenters. The molecule has 1 aromatic rings. The van der Waals surface area contributed by atoms with Gasteiger partial charge in [0.2, 0.25) is 11.6 Å². The van der Waals surface area contributed by atoms with E-state index in [9.17, 15) is 9.59 Å². The number of nitrogens with zero attached hydrogens (tertiary/aromatic N) is 1. The largest absolute Gasteiger partial charge is 0.314 e. The molecule has 1 aliphatic carbocycles. The smallest absolute Gasteiger partial charge is 0.217 e. The second-order valence-electron chi connectivity index (χ2n) is 4.85. The van der Waals surface area contributed by atoms with Crippen LogP contribution in [-0.2, 0) is 9.59 Å². The second kappa shape index (κ2) is 4.63. The predicted octanol–water partition coefficient (Wildman–Crippen LogP) is 0.196. The lowest BCUT2D eigenvalue weighted by Crippen LogP contribution is -2.63. The maximum Gasteiger partial charge on any atom is 0.217 e. The van der Waals surface area contributed by atoms with Crippen molar-refractivity contribution in [2.75, 3.05) is 26.2 Å². The van der Waals surface area contributed by atoms with Crippen molar-refractivity contribution in [1.82, 2.24) is 10.2 Å². The van der Waals surface area contributed by atoms with E-state index in [1.54, 1.807) is 0 Å². The van der Waals surface area contributed by atoms with Crippen LogP contribution >= 0.6 is 0 Å². The zero-order valence-corrected chi connectivity index (χ0v) is 10.1. The van der Waals surface area contributed by atoms with Crippen molar-refractivity contribution in [2.24, 2.45) is 0 Å². The first kappa shape index (κ1) is 11.6. The molecule has 94 valence electrons. The molecule has 0 amide bonds. The lowest BCUT2D eigenvalue weighted by Gasteiger charge is -2.43. The van der Waals surface area contributed by atoms with Gasteiger partial charge in [0, 0.05) is 26.2 Å². The molecule has 1 N–H and O–H groups in total. The average molecular weight is 244 g/mol. The standard InChI is InChI=1S/C14H16N2O2/c17-13-11(10-4-2-1-3-5-10)12(14(13)18)16-8-6-15-7-9-16/h1-5,11-12,15H,6-9H2. The summed E-state index contributed by atoms with van der Waals surface area (Å²) in [5.74, 6) is -0.702. The van der Waals surface area contributed by atoms with E-state index >= 15 is 0 Å². The molecule has 3 rings (SSSR count). The van der Waals surface area contributed by atoms with Crippen LogP contribution in [0.3, 0.4) is 0 Å². The molecule has 18 heavy (non-hydrogen) atoms. The molecule has 0 radical (unpaired) electrons. The number of rotatable bonds is 2. The van der Waals surface area contributed by atoms with Gasteiger partial charge in [0.05, 0.1) is 12.0 Å². The summed E-state index contributed by atoms with van der Waals surface area (Å²) in [6.07, 6.45) is 0. The Bertz CT molecular complexity index is 466. The number of nitrogens with one attached hydrogen (secondary N) is 1. The topological polar surface area (TPSA) is 49.4 Å². The summed E-state index contributed by atoms with van der Waals surface area (Å²) in [6, 6.07) is 9.39. The van der Waals surface area contributed by atoms with Crippen molar-refractivity contribution in [1.29, 1.82) is 0 Å². The van der Waals surface area contributed by atoms with Crippen molar-refractivity contribution < 1.29 is 9.59 Å². The third-order valence-corrected chi connectivity index (χ3v) is 3.81. The van der Waals surface area contributed by atoms with E-state index in [0.29, 0.717) is 0 Å². The van der Waals surface area contributed by atoms with Gasteiger partial charge in [0.25, 0.3) is 0 Å². The normalized spacial score (nSPS) is 29.1. The van der Waals surface area contributed by atoms with Gasteiger partial charge in [-0.1, -0.05) is 30.3 Å². The Morgan fingerprint density at radius 3 is 2.33 bits per heavy atom. The van der Waals surface area contributed by atoms with Crippen LogP contribution in [0.1, 0.15) is 11.5 Å². The highest BCUT2D eigenvalue weighted by atomic mass is 16.2. The van der Waals surface area contributed by atoms with Crippen LogP contribution in [-0.4, -0.2) is 48.7 Å². The Labute approximate surface area is 106 Å². The first-order chi connectivity index (χ1) is 8.79.